The van der Waals surface area contributed by atoms with Crippen LogP contribution in [-0.2, 0) is 19.4 Å². The number of imide groups is 1. The molecule has 1 N–H and O–H groups in total. The Morgan fingerprint density at radius 3 is 2.56 bits per heavy atom. The fourth-order valence-corrected chi connectivity index (χ4v) is 3.07. The van der Waals surface area contributed by atoms with Gasteiger partial charge in [0.2, 0.25) is 11.8 Å². The fourth-order valence-electron chi connectivity index (χ4n) is 1.82. The highest BCUT2D eigenvalue weighted by atomic mass is 32.2. The van der Waals surface area contributed by atoms with E-state index >= 15 is 0 Å². The number of nitrogens with zero attached hydrogens (tertiary/aromatic N) is 1. The summed E-state index contributed by atoms with van der Waals surface area (Å²) in [6.07, 6.45) is 1.60. The zero-order valence-electron chi connectivity index (χ0n) is 8.71. The molecule has 2 rings (SSSR count). The zero-order valence-corrected chi connectivity index (χ0v) is 9.53. The molecule has 0 radical (unpaired) electrons. The lowest BCUT2D eigenvalue weighted by Gasteiger charge is -2.14. The second-order valence-electron chi connectivity index (χ2n) is 3.98. The largest absolute Gasteiger partial charge is 0.298 e. The van der Waals surface area contributed by atoms with Gasteiger partial charge in [-0.2, -0.15) is 0 Å². The maximum absolute atomic E-state index is 11.5. The lowest BCUT2D eigenvalue weighted by Crippen LogP contribution is -2.43. The van der Waals surface area contributed by atoms with Gasteiger partial charge in [0.05, 0.1) is 18.2 Å². The number of carbonyl (C=O) groups excluding carboxylic acids is 2. The van der Waals surface area contributed by atoms with Crippen molar-refractivity contribution < 1.29 is 18.0 Å². The molecular weight excluding hydrogens is 232 g/mol. The Labute approximate surface area is 93.2 Å². The maximum Gasteiger partial charge on any atom is 0.246 e. The van der Waals surface area contributed by atoms with Gasteiger partial charge in [-0.3, -0.25) is 19.8 Å². The fraction of sp³-hybridized carbons (Fsp3) is 0.556. The minimum atomic E-state index is -3.13. The third-order valence-corrected chi connectivity index (χ3v) is 4.12. The molecule has 0 aliphatic carbocycles. The first-order valence-corrected chi connectivity index (χ1v) is 6.58. The molecule has 2 atom stereocenters. The minimum Gasteiger partial charge on any atom is -0.298 e. The Hall–Kier alpha value is -1.21. The highest BCUT2D eigenvalue weighted by Gasteiger charge is 2.37. The topological polar surface area (TPSA) is 83.6 Å². The Kier molecular flexibility index (Phi) is 2.59. The van der Waals surface area contributed by atoms with Crippen LogP contribution >= 0.6 is 0 Å². The zero-order chi connectivity index (χ0) is 11.9. The van der Waals surface area contributed by atoms with E-state index < -0.39 is 15.9 Å². The van der Waals surface area contributed by atoms with Crippen LogP contribution in [0.2, 0.25) is 0 Å². The Balaban J connectivity index is 2.01. The summed E-state index contributed by atoms with van der Waals surface area (Å²) >= 11 is 0. The van der Waals surface area contributed by atoms with Crippen molar-refractivity contribution in [1.29, 1.82) is 0 Å². The van der Waals surface area contributed by atoms with E-state index in [4.69, 9.17) is 0 Å². The molecule has 0 aromatic heterocycles. The lowest BCUT2D eigenvalue weighted by atomic mass is 10.2. The Morgan fingerprint density at radius 1 is 1.44 bits per heavy atom. The van der Waals surface area contributed by atoms with Crippen molar-refractivity contribution in [2.75, 3.05) is 12.8 Å². The van der Waals surface area contributed by atoms with Gasteiger partial charge in [-0.1, -0.05) is 6.08 Å². The van der Waals surface area contributed by atoms with Crippen molar-refractivity contribution in [2.24, 2.45) is 0 Å². The number of rotatable bonds is 2. The number of likely N-dealkylation sites (tertiary alicyclic amines) is 1. The smallest absolute Gasteiger partial charge is 0.246 e. The van der Waals surface area contributed by atoms with Crippen LogP contribution in [0.25, 0.3) is 0 Å². The van der Waals surface area contributed by atoms with Crippen LogP contribution in [-0.4, -0.2) is 50.0 Å². The number of hydrogen-bond acceptors (Lipinski definition) is 5. The van der Waals surface area contributed by atoms with Crippen molar-refractivity contribution in [3.05, 3.63) is 11.5 Å². The first-order valence-electron chi connectivity index (χ1n) is 4.86. The highest BCUT2D eigenvalue weighted by Crippen LogP contribution is 2.14. The molecule has 7 heteroatoms. The van der Waals surface area contributed by atoms with Crippen LogP contribution < -0.4 is 5.32 Å². The average Bonchev–Trinajstić information content (AvgIpc) is 2.64. The number of sulfone groups is 1. The van der Waals surface area contributed by atoms with Crippen LogP contribution in [0.1, 0.15) is 6.42 Å². The quantitative estimate of drug-likeness (QED) is 0.607. The van der Waals surface area contributed by atoms with Gasteiger partial charge in [0.25, 0.3) is 0 Å². The van der Waals surface area contributed by atoms with Crippen molar-refractivity contribution in [2.45, 2.75) is 18.5 Å². The van der Waals surface area contributed by atoms with Gasteiger partial charge in [0.15, 0.2) is 9.84 Å². The third kappa shape index (κ3) is 2.00. The van der Waals surface area contributed by atoms with Crippen molar-refractivity contribution >= 4 is 21.7 Å². The van der Waals surface area contributed by atoms with E-state index in [9.17, 15) is 18.0 Å². The van der Waals surface area contributed by atoms with Crippen molar-refractivity contribution in [3.63, 3.8) is 0 Å². The average molecular weight is 244 g/mol. The maximum atomic E-state index is 11.5. The molecule has 1 fully saturated rings. The summed E-state index contributed by atoms with van der Waals surface area (Å²) in [5.74, 6) is -0.593. The molecular formula is C9H12N2O4S. The molecule has 88 valence electrons. The SMILES string of the molecule is CN1C(=O)CC(NC2C=CS(=O)(=O)C2)C1=O. The van der Waals surface area contributed by atoms with Crippen LogP contribution in [0.15, 0.2) is 11.5 Å². The first-order chi connectivity index (χ1) is 7.39. The van der Waals surface area contributed by atoms with Gasteiger partial charge < -0.3 is 0 Å². The normalized spacial score (nSPS) is 32.7. The highest BCUT2D eigenvalue weighted by molar-refractivity contribution is 7.94. The number of likely N-dealkylation sites (N-methyl/N-ethyl adjacent to an activating group) is 1. The number of hydrogen-bond donors (Lipinski definition) is 1. The van der Waals surface area contributed by atoms with Crippen LogP contribution in [0, 0.1) is 0 Å². The standard InChI is InChI=1S/C9H12N2O4S/c1-11-8(12)4-7(9(11)13)10-6-2-3-16(14,15)5-6/h2-3,6-7,10H,4-5H2,1H3. The summed E-state index contributed by atoms with van der Waals surface area (Å²) in [5.41, 5.74) is 0. The second-order valence-corrected chi connectivity index (χ2v) is 5.91. The predicted octanol–water partition coefficient (Wildman–Crippen LogP) is -1.36. The number of carbonyl (C=O) groups is 2. The van der Waals surface area contributed by atoms with E-state index in [-0.39, 0.29) is 30.0 Å². The molecule has 0 aromatic carbocycles. The molecule has 2 aliphatic rings. The van der Waals surface area contributed by atoms with E-state index in [0.717, 1.165) is 10.3 Å². The molecule has 1 saturated heterocycles. The van der Waals surface area contributed by atoms with E-state index in [1.165, 1.54) is 13.1 Å². The Bertz CT molecular complexity index is 468. The molecule has 2 heterocycles. The van der Waals surface area contributed by atoms with Crippen molar-refractivity contribution in [3.8, 4) is 0 Å². The summed E-state index contributed by atoms with van der Waals surface area (Å²) in [7, 11) is -1.71. The van der Waals surface area contributed by atoms with E-state index in [2.05, 4.69) is 5.32 Å². The summed E-state index contributed by atoms with van der Waals surface area (Å²) in [4.78, 5) is 23.8. The Morgan fingerprint density at radius 2 is 2.12 bits per heavy atom. The van der Waals surface area contributed by atoms with Crippen LogP contribution in [0.5, 0.6) is 0 Å². The van der Waals surface area contributed by atoms with Crippen molar-refractivity contribution in [1.82, 2.24) is 10.2 Å². The molecule has 2 unspecified atom stereocenters. The summed E-state index contributed by atoms with van der Waals surface area (Å²) in [5, 5.41) is 4.00. The molecule has 16 heavy (non-hydrogen) atoms. The van der Waals surface area contributed by atoms with E-state index in [0.29, 0.717) is 0 Å². The van der Waals surface area contributed by atoms with E-state index in [1.807, 2.05) is 0 Å². The van der Waals surface area contributed by atoms with Gasteiger partial charge in [-0.15, -0.1) is 0 Å². The van der Waals surface area contributed by atoms with E-state index in [1.54, 1.807) is 0 Å². The summed E-state index contributed by atoms with van der Waals surface area (Å²) in [6, 6.07) is -0.973. The summed E-state index contributed by atoms with van der Waals surface area (Å²) < 4.78 is 22.3. The van der Waals surface area contributed by atoms with Crippen LogP contribution in [0.3, 0.4) is 0 Å². The third-order valence-electron chi connectivity index (χ3n) is 2.73. The molecule has 6 nitrogen and oxygen atoms in total. The molecule has 2 aliphatic heterocycles. The van der Waals surface area contributed by atoms with Gasteiger partial charge in [-0.25, -0.2) is 8.42 Å². The minimum absolute atomic E-state index is 0.0469. The predicted molar refractivity (Wildman–Crippen MR) is 56.0 cm³/mol. The first kappa shape index (κ1) is 11.3. The molecule has 0 spiro atoms. The van der Waals surface area contributed by atoms with Gasteiger partial charge in [0, 0.05) is 18.5 Å². The lowest BCUT2D eigenvalue weighted by molar-refractivity contribution is -0.137. The number of amides is 2. The monoisotopic (exact) mass is 244 g/mol. The van der Waals surface area contributed by atoms with Gasteiger partial charge in [-0.05, 0) is 0 Å². The van der Waals surface area contributed by atoms with Crippen LogP contribution in [0.4, 0.5) is 0 Å². The number of nitrogens with one attached hydrogen (secondary N) is 1. The van der Waals surface area contributed by atoms with Gasteiger partial charge >= 0.3 is 0 Å². The second kappa shape index (κ2) is 3.67. The summed E-state index contributed by atoms with van der Waals surface area (Å²) in [6.45, 7) is 0. The molecule has 0 aromatic rings. The molecule has 2 amide bonds. The van der Waals surface area contributed by atoms with Gasteiger partial charge in [0.1, 0.15) is 0 Å². The molecule has 0 saturated carbocycles. The molecule has 0 bridgehead atoms.